The Hall–Kier alpha value is -0.890. The van der Waals surface area contributed by atoms with Gasteiger partial charge in [0.25, 0.3) is 0 Å². The van der Waals surface area contributed by atoms with Crippen LogP contribution in [0.5, 0.6) is 0 Å². The first-order chi connectivity index (χ1) is 8.20. The summed E-state index contributed by atoms with van der Waals surface area (Å²) in [4.78, 5) is 8.45. The fraction of sp³-hybridized carbons (Fsp3) is 0.300. The zero-order valence-corrected chi connectivity index (χ0v) is 12.1. The van der Waals surface area contributed by atoms with Crippen LogP contribution in [0.4, 0.5) is 5.95 Å². The fourth-order valence-electron chi connectivity index (χ4n) is 1.26. The highest BCUT2D eigenvalue weighted by molar-refractivity contribution is 14.1. The molecule has 17 heavy (non-hydrogen) atoms. The van der Waals surface area contributed by atoms with Crippen molar-refractivity contribution in [3.8, 4) is 5.82 Å². The highest BCUT2D eigenvalue weighted by Gasteiger charge is 2.08. The number of hydrogen-bond acceptors (Lipinski definition) is 4. The van der Waals surface area contributed by atoms with Gasteiger partial charge in [-0.25, -0.2) is 9.67 Å². The molecule has 7 heteroatoms. The molecular formula is C10H11ClIN5. The van der Waals surface area contributed by atoms with Gasteiger partial charge in [0.2, 0.25) is 5.95 Å². The summed E-state index contributed by atoms with van der Waals surface area (Å²) >= 11 is 8.24. The van der Waals surface area contributed by atoms with Crippen LogP contribution in [0.2, 0.25) is 5.02 Å². The van der Waals surface area contributed by atoms with Crippen molar-refractivity contribution < 1.29 is 0 Å². The molecule has 0 bridgehead atoms. The standard InChI is InChI=1S/C10H11ClIN5/c1-2-3-13-10-14-5-8(11)9(16-10)17-6-7(12)4-15-17/h4-6H,2-3H2,1H3,(H,13,14,16). The molecule has 0 atom stereocenters. The number of hydrogen-bond donors (Lipinski definition) is 1. The predicted octanol–water partition coefficient (Wildman–Crippen LogP) is 2.74. The molecule has 0 aliphatic carbocycles. The molecule has 2 rings (SSSR count). The molecule has 0 fully saturated rings. The summed E-state index contributed by atoms with van der Waals surface area (Å²) in [7, 11) is 0. The third-order valence-electron chi connectivity index (χ3n) is 2.03. The summed E-state index contributed by atoms with van der Waals surface area (Å²) in [5, 5.41) is 7.77. The molecule has 90 valence electrons. The summed E-state index contributed by atoms with van der Waals surface area (Å²) in [6.07, 6.45) is 6.20. The van der Waals surface area contributed by atoms with Crippen LogP contribution in [0.25, 0.3) is 5.82 Å². The number of aromatic nitrogens is 4. The summed E-state index contributed by atoms with van der Waals surface area (Å²) in [6.45, 7) is 2.91. The van der Waals surface area contributed by atoms with Crippen LogP contribution >= 0.6 is 34.2 Å². The molecule has 0 saturated heterocycles. The largest absolute Gasteiger partial charge is 0.354 e. The van der Waals surface area contributed by atoms with Crippen molar-refractivity contribution >= 4 is 40.1 Å². The van der Waals surface area contributed by atoms with Gasteiger partial charge in [-0.3, -0.25) is 0 Å². The van der Waals surface area contributed by atoms with E-state index >= 15 is 0 Å². The van der Waals surface area contributed by atoms with E-state index in [1.54, 1.807) is 17.1 Å². The van der Waals surface area contributed by atoms with Gasteiger partial charge in [0.05, 0.1) is 16.0 Å². The van der Waals surface area contributed by atoms with Crippen molar-refractivity contribution in [2.75, 3.05) is 11.9 Å². The average Bonchev–Trinajstić information content (AvgIpc) is 2.75. The van der Waals surface area contributed by atoms with Gasteiger partial charge in [-0.05, 0) is 29.0 Å². The molecule has 0 aliphatic rings. The van der Waals surface area contributed by atoms with Crippen molar-refractivity contribution in [1.29, 1.82) is 0 Å². The van der Waals surface area contributed by atoms with Gasteiger partial charge in [-0.1, -0.05) is 18.5 Å². The monoisotopic (exact) mass is 363 g/mol. The highest BCUT2D eigenvalue weighted by atomic mass is 127. The smallest absolute Gasteiger partial charge is 0.224 e. The van der Waals surface area contributed by atoms with Crippen LogP contribution in [0.1, 0.15) is 13.3 Å². The lowest BCUT2D eigenvalue weighted by Crippen LogP contribution is -2.07. The summed E-state index contributed by atoms with van der Waals surface area (Å²) in [5.74, 6) is 1.15. The first kappa shape index (κ1) is 12.6. The third kappa shape index (κ3) is 3.06. The summed E-state index contributed by atoms with van der Waals surface area (Å²) < 4.78 is 2.67. The molecule has 1 N–H and O–H groups in total. The maximum absolute atomic E-state index is 6.06. The molecule has 2 heterocycles. The first-order valence-electron chi connectivity index (χ1n) is 5.17. The lowest BCUT2D eigenvalue weighted by atomic mass is 10.5. The van der Waals surface area contributed by atoms with E-state index in [1.165, 1.54) is 0 Å². The minimum absolute atomic E-state index is 0.478. The zero-order valence-electron chi connectivity index (χ0n) is 9.19. The Morgan fingerprint density at radius 3 is 2.94 bits per heavy atom. The van der Waals surface area contributed by atoms with E-state index in [0.717, 1.165) is 16.5 Å². The molecule has 0 spiro atoms. The Bertz CT molecular complexity index is 513. The molecule has 2 aromatic heterocycles. The van der Waals surface area contributed by atoms with Gasteiger partial charge in [0.1, 0.15) is 5.02 Å². The van der Waals surface area contributed by atoms with Gasteiger partial charge in [0.15, 0.2) is 5.82 Å². The van der Waals surface area contributed by atoms with Crippen LogP contribution < -0.4 is 5.32 Å². The summed E-state index contributed by atoms with van der Waals surface area (Å²) in [6, 6.07) is 0. The second kappa shape index (κ2) is 5.63. The Balaban J connectivity index is 2.32. The number of nitrogens with zero attached hydrogens (tertiary/aromatic N) is 4. The van der Waals surface area contributed by atoms with Crippen molar-refractivity contribution in [2.45, 2.75) is 13.3 Å². The highest BCUT2D eigenvalue weighted by Crippen LogP contribution is 2.18. The SMILES string of the molecule is CCCNc1ncc(Cl)c(-n2cc(I)cn2)n1. The second-order valence-electron chi connectivity index (χ2n) is 3.40. The van der Waals surface area contributed by atoms with Crippen molar-refractivity contribution in [2.24, 2.45) is 0 Å². The maximum atomic E-state index is 6.06. The topological polar surface area (TPSA) is 55.6 Å². The van der Waals surface area contributed by atoms with E-state index in [0.29, 0.717) is 16.8 Å². The molecular weight excluding hydrogens is 353 g/mol. The number of anilines is 1. The van der Waals surface area contributed by atoms with E-state index in [4.69, 9.17) is 11.6 Å². The summed E-state index contributed by atoms with van der Waals surface area (Å²) in [5.41, 5.74) is 0. The molecule has 0 aliphatic heterocycles. The molecule has 0 unspecified atom stereocenters. The Labute approximate surface area is 118 Å². The van der Waals surface area contributed by atoms with Gasteiger partial charge < -0.3 is 5.32 Å². The van der Waals surface area contributed by atoms with Crippen LogP contribution in [-0.4, -0.2) is 26.3 Å². The third-order valence-corrected chi connectivity index (χ3v) is 2.85. The number of rotatable bonds is 4. The van der Waals surface area contributed by atoms with E-state index in [2.05, 4.69) is 49.9 Å². The molecule has 0 saturated carbocycles. The molecule has 5 nitrogen and oxygen atoms in total. The van der Waals surface area contributed by atoms with Gasteiger partial charge >= 0.3 is 0 Å². The van der Waals surface area contributed by atoms with Gasteiger partial charge in [-0.2, -0.15) is 10.1 Å². The lowest BCUT2D eigenvalue weighted by molar-refractivity contribution is 0.836. The number of halogens is 2. The molecule has 0 radical (unpaired) electrons. The second-order valence-corrected chi connectivity index (χ2v) is 5.05. The average molecular weight is 364 g/mol. The van der Waals surface area contributed by atoms with E-state index < -0.39 is 0 Å². The Morgan fingerprint density at radius 1 is 1.47 bits per heavy atom. The molecule has 0 amide bonds. The van der Waals surface area contributed by atoms with E-state index in [-0.39, 0.29) is 0 Å². The lowest BCUT2D eigenvalue weighted by Gasteiger charge is -2.06. The van der Waals surface area contributed by atoms with E-state index in [1.807, 2.05) is 6.20 Å². The van der Waals surface area contributed by atoms with Crippen molar-refractivity contribution in [3.63, 3.8) is 0 Å². The molecule has 0 aromatic carbocycles. The van der Waals surface area contributed by atoms with Crippen LogP contribution in [0.3, 0.4) is 0 Å². The minimum Gasteiger partial charge on any atom is -0.354 e. The van der Waals surface area contributed by atoms with Gasteiger partial charge in [-0.15, -0.1) is 0 Å². The quantitative estimate of drug-likeness (QED) is 0.849. The fourth-order valence-corrected chi connectivity index (χ4v) is 1.82. The maximum Gasteiger partial charge on any atom is 0.224 e. The predicted molar refractivity (Wildman–Crippen MR) is 75.7 cm³/mol. The normalized spacial score (nSPS) is 10.5. The van der Waals surface area contributed by atoms with Crippen LogP contribution in [-0.2, 0) is 0 Å². The van der Waals surface area contributed by atoms with Crippen molar-refractivity contribution in [3.05, 3.63) is 27.2 Å². The van der Waals surface area contributed by atoms with Crippen molar-refractivity contribution in [1.82, 2.24) is 19.7 Å². The van der Waals surface area contributed by atoms with Crippen LogP contribution in [0, 0.1) is 3.57 Å². The Morgan fingerprint density at radius 2 is 2.29 bits per heavy atom. The van der Waals surface area contributed by atoms with E-state index in [9.17, 15) is 0 Å². The molecule has 2 aromatic rings. The minimum atomic E-state index is 0.478. The Kier molecular flexibility index (Phi) is 4.16. The van der Waals surface area contributed by atoms with Crippen LogP contribution in [0.15, 0.2) is 18.6 Å². The first-order valence-corrected chi connectivity index (χ1v) is 6.63. The zero-order chi connectivity index (χ0) is 12.3. The number of nitrogens with one attached hydrogen (secondary N) is 1. The van der Waals surface area contributed by atoms with Gasteiger partial charge in [0, 0.05) is 12.7 Å².